The number of hydrogen-bond donors (Lipinski definition) is 2. The number of rotatable bonds is 8. The average molecular weight is 501 g/mol. The Hall–Kier alpha value is -2.45. The normalized spacial score (nSPS) is 30.3. The number of carbonyl (C=O) groups is 3. The molecule has 0 unspecified atom stereocenters. The van der Waals surface area contributed by atoms with Crippen LogP contribution in [0, 0.1) is 17.3 Å². The largest absolute Gasteiger partial charge is 0.466 e. The fraction of sp³-hybridized carbons (Fsp3) is 0.679. The third kappa shape index (κ3) is 4.54. The number of aliphatic hydroxyl groups is 1. The molecule has 3 fully saturated rings. The highest BCUT2D eigenvalue weighted by Gasteiger charge is 2.75. The first-order valence-electron chi connectivity index (χ1n) is 13.0. The SMILES string of the molecule is CCOC(=O)[C@@H]1[C@H]2C(=O)N([C@H](CO)c3ccccc3)[C@H](C(=O)NC(C)(C)CC(C)(C)C)[C@]23CC[C@H]1O3. The van der Waals surface area contributed by atoms with E-state index in [9.17, 15) is 19.5 Å². The Bertz CT molecular complexity index is 1000. The molecule has 0 saturated carbocycles. The lowest BCUT2D eigenvalue weighted by Crippen LogP contribution is -2.60. The summed E-state index contributed by atoms with van der Waals surface area (Å²) in [6.07, 6.45) is 1.33. The minimum atomic E-state index is -1.14. The summed E-state index contributed by atoms with van der Waals surface area (Å²) < 4.78 is 11.8. The molecule has 2 bridgehead atoms. The van der Waals surface area contributed by atoms with Gasteiger partial charge in [-0.3, -0.25) is 14.4 Å². The van der Waals surface area contributed by atoms with Crippen LogP contribution in [0.25, 0.3) is 0 Å². The maximum absolute atomic E-state index is 14.1. The molecule has 3 aliphatic heterocycles. The van der Waals surface area contributed by atoms with E-state index >= 15 is 0 Å². The monoisotopic (exact) mass is 500 g/mol. The van der Waals surface area contributed by atoms with Gasteiger partial charge in [-0.25, -0.2) is 0 Å². The second-order valence-electron chi connectivity index (χ2n) is 12.3. The zero-order valence-corrected chi connectivity index (χ0v) is 22.2. The lowest BCUT2D eigenvalue weighted by atomic mass is 9.70. The zero-order chi connectivity index (χ0) is 26.5. The molecule has 198 valence electrons. The number of nitrogens with zero attached hydrogens (tertiary/aromatic N) is 1. The lowest BCUT2D eigenvalue weighted by molar-refractivity contribution is -0.155. The van der Waals surface area contributed by atoms with Crippen LogP contribution in [0.2, 0.25) is 0 Å². The predicted molar refractivity (Wildman–Crippen MR) is 134 cm³/mol. The summed E-state index contributed by atoms with van der Waals surface area (Å²) in [5, 5.41) is 13.7. The van der Waals surface area contributed by atoms with E-state index in [2.05, 4.69) is 26.1 Å². The van der Waals surface area contributed by atoms with Crippen LogP contribution in [0.15, 0.2) is 30.3 Å². The Morgan fingerprint density at radius 3 is 2.47 bits per heavy atom. The molecule has 0 aromatic heterocycles. The van der Waals surface area contributed by atoms with E-state index in [0.717, 1.165) is 12.0 Å². The first kappa shape index (κ1) is 26.6. The molecule has 3 heterocycles. The number of hydrogen-bond acceptors (Lipinski definition) is 6. The van der Waals surface area contributed by atoms with Gasteiger partial charge in [-0.05, 0) is 51.0 Å². The molecule has 1 aromatic carbocycles. The number of aliphatic hydroxyl groups excluding tert-OH is 1. The van der Waals surface area contributed by atoms with Crippen LogP contribution in [0.1, 0.15) is 72.4 Å². The van der Waals surface area contributed by atoms with Crippen molar-refractivity contribution in [1.82, 2.24) is 10.2 Å². The molecule has 8 nitrogen and oxygen atoms in total. The van der Waals surface area contributed by atoms with Gasteiger partial charge in [-0.1, -0.05) is 51.1 Å². The van der Waals surface area contributed by atoms with Gasteiger partial charge in [0, 0.05) is 5.54 Å². The molecule has 4 rings (SSSR count). The molecule has 36 heavy (non-hydrogen) atoms. The van der Waals surface area contributed by atoms with E-state index in [4.69, 9.17) is 9.47 Å². The van der Waals surface area contributed by atoms with E-state index in [0.29, 0.717) is 12.8 Å². The second-order valence-corrected chi connectivity index (χ2v) is 12.3. The molecule has 0 aliphatic carbocycles. The first-order valence-corrected chi connectivity index (χ1v) is 13.0. The molecule has 1 aromatic rings. The van der Waals surface area contributed by atoms with Gasteiger partial charge in [-0.15, -0.1) is 0 Å². The molecular formula is C28H40N2O6. The van der Waals surface area contributed by atoms with Crippen LogP contribution in [0.4, 0.5) is 0 Å². The van der Waals surface area contributed by atoms with Gasteiger partial charge >= 0.3 is 5.97 Å². The van der Waals surface area contributed by atoms with Gasteiger partial charge in [0.1, 0.15) is 11.6 Å². The number of esters is 1. The van der Waals surface area contributed by atoms with Gasteiger partial charge in [0.05, 0.1) is 37.2 Å². The Kier molecular flexibility index (Phi) is 6.99. The van der Waals surface area contributed by atoms with Crippen molar-refractivity contribution < 1.29 is 29.0 Å². The fourth-order valence-electron chi connectivity index (χ4n) is 7.03. The minimum absolute atomic E-state index is 0.0300. The smallest absolute Gasteiger partial charge is 0.312 e. The van der Waals surface area contributed by atoms with E-state index in [1.807, 2.05) is 44.2 Å². The predicted octanol–water partition coefficient (Wildman–Crippen LogP) is 2.99. The van der Waals surface area contributed by atoms with Crippen molar-refractivity contribution in [2.75, 3.05) is 13.2 Å². The van der Waals surface area contributed by atoms with E-state index < -0.39 is 47.1 Å². The van der Waals surface area contributed by atoms with Gasteiger partial charge < -0.3 is 24.8 Å². The van der Waals surface area contributed by atoms with Crippen LogP contribution in [0.3, 0.4) is 0 Å². The van der Waals surface area contributed by atoms with Crippen LogP contribution in [-0.4, -0.2) is 64.3 Å². The zero-order valence-electron chi connectivity index (χ0n) is 22.2. The Labute approximate surface area is 213 Å². The summed E-state index contributed by atoms with van der Waals surface area (Å²) in [7, 11) is 0. The van der Waals surface area contributed by atoms with E-state index in [-0.39, 0.29) is 30.4 Å². The summed E-state index contributed by atoms with van der Waals surface area (Å²) in [5.74, 6) is -2.71. The Morgan fingerprint density at radius 1 is 1.22 bits per heavy atom. The Balaban J connectivity index is 1.77. The highest BCUT2D eigenvalue weighted by Crippen LogP contribution is 2.59. The van der Waals surface area contributed by atoms with E-state index in [1.54, 1.807) is 6.92 Å². The highest BCUT2D eigenvalue weighted by molar-refractivity contribution is 5.98. The third-order valence-corrected chi connectivity index (χ3v) is 7.67. The maximum atomic E-state index is 14.1. The summed E-state index contributed by atoms with van der Waals surface area (Å²) in [6.45, 7) is 11.9. The number of ether oxygens (including phenoxy) is 2. The number of benzene rings is 1. The molecule has 2 N–H and O–H groups in total. The average Bonchev–Trinajstić information content (AvgIpc) is 3.41. The number of carbonyl (C=O) groups excluding carboxylic acids is 3. The van der Waals surface area contributed by atoms with Gasteiger partial charge in [0.15, 0.2) is 0 Å². The minimum Gasteiger partial charge on any atom is -0.466 e. The van der Waals surface area contributed by atoms with Crippen molar-refractivity contribution in [2.24, 2.45) is 17.3 Å². The summed E-state index contributed by atoms with van der Waals surface area (Å²) in [4.78, 5) is 42.7. The molecule has 3 aliphatic rings. The van der Waals surface area contributed by atoms with Crippen molar-refractivity contribution in [2.45, 2.75) is 90.1 Å². The molecule has 3 saturated heterocycles. The molecule has 2 amide bonds. The van der Waals surface area contributed by atoms with E-state index in [1.165, 1.54) is 4.90 Å². The van der Waals surface area contributed by atoms with Crippen LogP contribution in [-0.2, 0) is 23.9 Å². The molecule has 0 radical (unpaired) electrons. The molecule has 1 spiro atoms. The second kappa shape index (κ2) is 9.45. The van der Waals surface area contributed by atoms with Crippen molar-refractivity contribution in [3.05, 3.63) is 35.9 Å². The summed E-state index contributed by atoms with van der Waals surface area (Å²) in [5.41, 5.74) is -0.989. The summed E-state index contributed by atoms with van der Waals surface area (Å²) in [6, 6.07) is 7.48. The number of nitrogens with one attached hydrogen (secondary N) is 1. The molecular weight excluding hydrogens is 460 g/mol. The van der Waals surface area contributed by atoms with Crippen LogP contribution in [0.5, 0.6) is 0 Å². The van der Waals surface area contributed by atoms with Crippen LogP contribution < -0.4 is 5.32 Å². The first-order chi connectivity index (χ1) is 16.8. The van der Waals surface area contributed by atoms with Crippen molar-refractivity contribution in [3.8, 4) is 0 Å². The topological polar surface area (TPSA) is 105 Å². The Morgan fingerprint density at radius 2 is 1.89 bits per heavy atom. The van der Waals surface area contributed by atoms with Gasteiger partial charge in [-0.2, -0.15) is 0 Å². The van der Waals surface area contributed by atoms with Crippen molar-refractivity contribution in [3.63, 3.8) is 0 Å². The van der Waals surface area contributed by atoms with Crippen molar-refractivity contribution >= 4 is 17.8 Å². The number of fused-ring (bicyclic) bond motifs is 1. The molecule has 6 atom stereocenters. The van der Waals surface area contributed by atoms with Crippen LogP contribution >= 0.6 is 0 Å². The highest BCUT2D eigenvalue weighted by atomic mass is 16.6. The van der Waals surface area contributed by atoms with Crippen molar-refractivity contribution in [1.29, 1.82) is 0 Å². The number of amides is 2. The van der Waals surface area contributed by atoms with Gasteiger partial charge in [0.2, 0.25) is 11.8 Å². The maximum Gasteiger partial charge on any atom is 0.312 e. The molecule has 8 heteroatoms. The standard InChI is InChI=1S/C28H40N2O6/c1-7-35-25(34)20-19-13-14-28(36-19)21(20)24(33)30(18(15-31)17-11-9-8-10-12-17)22(28)23(32)29-27(5,6)16-26(2,3)4/h8-12,18-22,31H,7,13-16H2,1-6H3,(H,29,32)/t18-,19-,20+,21+,22-,28+/m1/s1. The quantitative estimate of drug-likeness (QED) is 0.532. The van der Waals surface area contributed by atoms with Gasteiger partial charge in [0.25, 0.3) is 0 Å². The third-order valence-electron chi connectivity index (χ3n) is 7.67. The fourth-order valence-corrected chi connectivity index (χ4v) is 7.03. The number of likely N-dealkylation sites (tertiary alicyclic amines) is 1. The lowest BCUT2D eigenvalue weighted by Gasteiger charge is -2.40. The summed E-state index contributed by atoms with van der Waals surface area (Å²) >= 11 is 0.